The zero-order valence-electron chi connectivity index (χ0n) is 13.4. The van der Waals surface area contributed by atoms with Gasteiger partial charge in [-0.3, -0.25) is 9.59 Å². The molecule has 0 aliphatic rings. The molecule has 0 bridgehead atoms. The average molecular weight is 299 g/mol. The largest absolute Gasteiger partial charge is 0.355 e. The number of rotatable bonds is 12. The van der Waals surface area contributed by atoms with Crippen molar-refractivity contribution in [3.05, 3.63) is 0 Å². The van der Waals surface area contributed by atoms with Crippen LogP contribution >= 0.6 is 0 Å². The molecule has 0 heterocycles. The van der Waals surface area contributed by atoms with Crippen molar-refractivity contribution >= 4 is 18.1 Å². The number of hydrogen-bond acceptors (Lipinski definition) is 4. The van der Waals surface area contributed by atoms with Gasteiger partial charge in [0.2, 0.25) is 11.8 Å². The Labute approximate surface area is 127 Å². The monoisotopic (exact) mass is 299 g/mol. The summed E-state index contributed by atoms with van der Waals surface area (Å²) in [4.78, 5) is 33.1. The zero-order chi connectivity index (χ0) is 16.1. The van der Waals surface area contributed by atoms with E-state index in [1.165, 1.54) is 0 Å². The minimum atomic E-state index is -0.147. The first-order valence-corrected chi connectivity index (χ1v) is 7.68. The van der Waals surface area contributed by atoms with E-state index < -0.39 is 0 Å². The zero-order valence-corrected chi connectivity index (χ0v) is 13.4. The van der Waals surface area contributed by atoms with Crippen LogP contribution in [0.15, 0.2) is 0 Å². The van der Waals surface area contributed by atoms with Crippen molar-refractivity contribution in [2.24, 2.45) is 5.92 Å². The molecule has 0 saturated heterocycles. The van der Waals surface area contributed by atoms with Crippen LogP contribution in [0.3, 0.4) is 0 Å². The van der Waals surface area contributed by atoms with Crippen molar-refractivity contribution in [2.75, 3.05) is 20.1 Å². The molecule has 21 heavy (non-hydrogen) atoms. The standard InChI is InChI=1S/C15H29N3O3/c1-12(2)14(16-3)15(21)18-9-7-5-4-6-8-13(20)17-10-11-19/h11-12,14,16H,4-10H2,1-3H3,(H,17,20)(H,18,21). The SMILES string of the molecule is CNC(C(=O)NCCCCCCC(=O)NCC=O)C(C)C. The maximum Gasteiger partial charge on any atom is 0.237 e. The van der Waals surface area contributed by atoms with Gasteiger partial charge >= 0.3 is 0 Å². The number of nitrogens with one attached hydrogen (secondary N) is 3. The van der Waals surface area contributed by atoms with Crippen LogP contribution in [0.25, 0.3) is 0 Å². The lowest BCUT2D eigenvalue weighted by atomic mass is 10.0. The summed E-state index contributed by atoms with van der Waals surface area (Å²) in [6, 6.07) is -0.147. The van der Waals surface area contributed by atoms with Crippen molar-refractivity contribution in [3.8, 4) is 0 Å². The molecule has 0 fully saturated rings. The lowest BCUT2D eigenvalue weighted by molar-refractivity contribution is -0.124. The van der Waals surface area contributed by atoms with E-state index >= 15 is 0 Å². The third kappa shape index (κ3) is 10.0. The number of carbonyl (C=O) groups excluding carboxylic acids is 3. The van der Waals surface area contributed by atoms with Crippen LogP contribution < -0.4 is 16.0 Å². The highest BCUT2D eigenvalue weighted by Crippen LogP contribution is 2.03. The lowest BCUT2D eigenvalue weighted by Crippen LogP contribution is -2.46. The van der Waals surface area contributed by atoms with Crippen molar-refractivity contribution in [2.45, 2.75) is 52.0 Å². The molecular weight excluding hydrogens is 270 g/mol. The van der Waals surface area contributed by atoms with E-state index in [2.05, 4.69) is 16.0 Å². The van der Waals surface area contributed by atoms with Gasteiger partial charge in [-0.15, -0.1) is 0 Å². The highest BCUT2D eigenvalue weighted by atomic mass is 16.2. The van der Waals surface area contributed by atoms with E-state index in [1.807, 2.05) is 13.8 Å². The summed E-state index contributed by atoms with van der Waals surface area (Å²) in [6.07, 6.45) is 4.78. The lowest BCUT2D eigenvalue weighted by Gasteiger charge is -2.19. The molecule has 122 valence electrons. The molecule has 0 aromatic carbocycles. The summed E-state index contributed by atoms with van der Waals surface area (Å²) >= 11 is 0. The van der Waals surface area contributed by atoms with Gasteiger partial charge in [-0.1, -0.05) is 26.7 Å². The van der Waals surface area contributed by atoms with Gasteiger partial charge in [-0.25, -0.2) is 0 Å². The van der Waals surface area contributed by atoms with Crippen molar-refractivity contribution in [1.82, 2.24) is 16.0 Å². The number of aldehydes is 1. The Morgan fingerprint density at radius 3 is 2.29 bits per heavy atom. The minimum absolute atomic E-state index is 0.0424. The van der Waals surface area contributed by atoms with Crippen LogP contribution in [-0.2, 0) is 14.4 Å². The number of likely N-dealkylation sites (N-methyl/N-ethyl adjacent to an activating group) is 1. The summed E-state index contributed by atoms with van der Waals surface area (Å²) in [5, 5.41) is 8.44. The summed E-state index contributed by atoms with van der Waals surface area (Å²) in [7, 11) is 1.79. The van der Waals surface area contributed by atoms with E-state index in [9.17, 15) is 14.4 Å². The molecule has 2 amide bonds. The van der Waals surface area contributed by atoms with Crippen molar-refractivity contribution in [1.29, 1.82) is 0 Å². The maximum atomic E-state index is 11.8. The van der Waals surface area contributed by atoms with Crippen LogP contribution in [0, 0.1) is 5.92 Å². The second-order valence-corrected chi connectivity index (χ2v) is 5.44. The number of unbranched alkanes of at least 4 members (excludes halogenated alkanes) is 3. The quantitative estimate of drug-likeness (QED) is 0.364. The third-order valence-corrected chi connectivity index (χ3v) is 3.27. The van der Waals surface area contributed by atoms with E-state index in [0.717, 1.165) is 25.7 Å². The van der Waals surface area contributed by atoms with Gasteiger partial charge in [0.1, 0.15) is 6.29 Å². The Kier molecular flexibility index (Phi) is 11.5. The van der Waals surface area contributed by atoms with Crippen LogP contribution in [0.4, 0.5) is 0 Å². The topological polar surface area (TPSA) is 87.3 Å². The van der Waals surface area contributed by atoms with Crippen LogP contribution in [0.1, 0.15) is 46.0 Å². The molecule has 0 spiro atoms. The molecule has 1 unspecified atom stereocenters. The Balaban J connectivity index is 3.53. The molecule has 0 saturated carbocycles. The second-order valence-electron chi connectivity index (χ2n) is 5.44. The molecular formula is C15H29N3O3. The fourth-order valence-corrected chi connectivity index (χ4v) is 2.10. The molecule has 6 nitrogen and oxygen atoms in total. The van der Waals surface area contributed by atoms with Gasteiger partial charge < -0.3 is 20.7 Å². The molecule has 0 aromatic rings. The molecule has 0 aliphatic carbocycles. The molecule has 6 heteroatoms. The van der Waals surface area contributed by atoms with Crippen molar-refractivity contribution in [3.63, 3.8) is 0 Å². The normalized spacial score (nSPS) is 12.0. The van der Waals surface area contributed by atoms with Crippen LogP contribution in [0.5, 0.6) is 0 Å². The number of hydrogen-bond donors (Lipinski definition) is 3. The van der Waals surface area contributed by atoms with Crippen molar-refractivity contribution < 1.29 is 14.4 Å². The molecule has 0 rings (SSSR count). The van der Waals surface area contributed by atoms with Crippen LogP contribution in [0.2, 0.25) is 0 Å². The van der Waals surface area contributed by atoms with E-state index in [-0.39, 0.29) is 30.3 Å². The minimum Gasteiger partial charge on any atom is -0.355 e. The van der Waals surface area contributed by atoms with E-state index in [1.54, 1.807) is 7.05 Å². The van der Waals surface area contributed by atoms with Gasteiger partial charge in [0.15, 0.2) is 0 Å². The van der Waals surface area contributed by atoms with Gasteiger partial charge in [0.05, 0.1) is 12.6 Å². The Hall–Kier alpha value is -1.43. The fourth-order valence-electron chi connectivity index (χ4n) is 2.10. The molecule has 0 radical (unpaired) electrons. The first-order chi connectivity index (χ1) is 10.0. The van der Waals surface area contributed by atoms with E-state index in [0.29, 0.717) is 19.3 Å². The third-order valence-electron chi connectivity index (χ3n) is 3.27. The average Bonchev–Trinajstić information content (AvgIpc) is 2.44. The Morgan fingerprint density at radius 1 is 1.05 bits per heavy atom. The highest BCUT2D eigenvalue weighted by Gasteiger charge is 2.18. The first kappa shape index (κ1) is 19.6. The highest BCUT2D eigenvalue weighted by molar-refractivity contribution is 5.81. The fraction of sp³-hybridized carbons (Fsp3) is 0.800. The smallest absolute Gasteiger partial charge is 0.237 e. The Bertz CT molecular complexity index is 319. The second kappa shape index (κ2) is 12.3. The predicted octanol–water partition coefficient (Wildman–Crippen LogP) is 0.612. The summed E-state index contributed by atoms with van der Waals surface area (Å²) < 4.78 is 0. The first-order valence-electron chi connectivity index (χ1n) is 7.68. The summed E-state index contributed by atoms with van der Waals surface area (Å²) in [5.74, 6) is 0.227. The predicted molar refractivity (Wildman–Crippen MR) is 82.9 cm³/mol. The van der Waals surface area contributed by atoms with Crippen LogP contribution in [-0.4, -0.2) is 44.3 Å². The van der Waals surface area contributed by atoms with Gasteiger partial charge in [-0.2, -0.15) is 0 Å². The molecule has 1 atom stereocenters. The maximum absolute atomic E-state index is 11.8. The summed E-state index contributed by atoms with van der Waals surface area (Å²) in [6.45, 7) is 4.78. The van der Waals surface area contributed by atoms with Gasteiger partial charge in [0.25, 0.3) is 0 Å². The molecule has 0 aliphatic heterocycles. The molecule has 3 N–H and O–H groups in total. The van der Waals surface area contributed by atoms with E-state index in [4.69, 9.17) is 0 Å². The number of amides is 2. The number of carbonyl (C=O) groups is 3. The Morgan fingerprint density at radius 2 is 1.71 bits per heavy atom. The van der Waals surface area contributed by atoms with Gasteiger partial charge in [-0.05, 0) is 25.8 Å². The summed E-state index contributed by atoms with van der Waals surface area (Å²) in [5.41, 5.74) is 0. The van der Waals surface area contributed by atoms with Gasteiger partial charge in [0, 0.05) is 13.0 Å². The molecule has 0 aromatic heterocycles.